The highest BCUT2D eigenvalue weighted by molar-refractivity contribution is 5.38. The molecule has 0 aliphatic rings. The van der Waals surface area contributed by atoms with E-state index < -0.39 is 0 Å². The van der Waals surface area contributed by atoms with Crippen molar-refractivity contribution in [3.05, 3.63) is 24.3 Å². The molecule has 0 radical (unpaired) electrons. The first kappa shape index (κ1) is 14.5. The molecule has 20 heavy (non-hydrogen) atoms. The Balaban J connectivity index is 1.81. The fourth-order valence-electron chi connectivity index (χ4n) is 2.02. The summed E-state index contributed by atoms with van der Waals surface area (Å²) >= 11 is 0. The van der Waals surface area contributed by atoms with Gasteiger partial charge in [0.05, 0.1) is 36.9 Å². The molecular formula is C13H23N7. The Morgan fingerprint density at radius 2 is 2.05 bits per heavy atom. The summed E-state index contributed by atoms with van der Waals surface area (Å²) in [5, 5.41) is 15.5. The van der Waals surface area contributed by atoms with Gasteiger partial charge in [0.15, 0.2) is 0 Å². The Morgan fingerprint density at radius 1 is 1.25 bits per heavy atom. The summed E-state index contributed by atoms with van der Waals surface area (Å²) in [7, 11) is 1.89. The van der Waals surface area contributed by atoms with Gasteiger partial charge in [-0.2, -0.15) is 5.10 Å². The third-order valence-electron chi connectivity index (χ3n) is 3.45. The molecule has 7 nitrogen and oxygen atoms in total. The van der Waals surface area contributed by atoms with Crippen LogP contribution in [0.15, 0.2) is 18.6 Å². The molecule has 2 aromatic rings. The fraction of sp³-hybridized carbons (Fsp3) is 0.615. The Morgan fingerprint density at radius 3 is 2.70 bits per heavy atom. The van der Waals surface area contributed by atoms with E-state index in [2.05, 4.69) is 39.5 Å². The minimum absolute atomic E-state index is 0.700. The van der Waals surface area contributed by atoms with Crippen LogP contribution < -0.4 is 5.32 Å². The molecule has 0 unspecified atom stereocenters. The molecule has 1 N–H and O–H groups in total. The van der Waals surface area contributed by atoms with E-state index in [9.17, 15) is 0 Å². The van der Waals surface area contributed by atoms with Gasteiger partial charge in [-0.15, -0.1) is 5.10 Å². The van der Waals surface area contributed by atoms with Crippen LogP contribution in [0.4, 0.5) is 5.69 Å². The molecule has 0 saturated heterocycles. The number of aryl methyl sites for hydroxylation is 1. The van der Waals surface area contributed by atoms with Crippen molar-refractivity contribution in [1.29, 1.82) is 0 Å². The molecule has 2 rings (SSSR count). The SMILES string of the molecule is CCN(CC)CCn1cc(NCc2cnnn2C)cn1. The zero-order valence-corrected chi connectivity index (χ0v) is 12.5. The summed E-state index contributed by atoms with van der Waals surface area (Å²) in [5.41, 5.74) is 2.06. The molecule has 0 atom stereocenters. The molecule has 0 aliphatic heterocycles. The van der Waals surface area contributed by atoms with Crippen LogP contribution in [0.2, 0.25) is 0 Å². The van der Waals surface area contributed by atoms with Gasteiger partial charge >= 0.3 is 0 Å². The lowest BCUT2D eigenvalue weighted by Gasteiger charge is -2.17. The standard InChI is InChI=1S/C13H23N7/c1-4-19(5-2)6-7-20-11-12(8-16-20)14-9-13-10-15-17-18(13)3/h8,10-11,14H,4-7,9H2,1-3H3. The van der Waals surface area contributed by atoms with Crippen LogP contribution >= 0.6 is 0 Å². The van der Waals surface area contributed by atoms with Gasteiger partial charge < -0.3 is 10.2 Å². The first-order valence-corrected chi connectivity index (χ1v) is 7.05. The highest BCUT2D eigenvalue weighted by Gasteiger charge is 2.03. The number of likely N-dealkylation sites (N-methyl/N-ethyl adjacent to an activating group) is 1. The van der Waals surface area contributed by atoms with Crippen LogP contribution in [0, 0.1) is 0 Å². The molecule has 0 aliphatic carbocycles. The first-order chi connectivity index (χ1) is 9.72. The summed E-state index contributed by atoms with van der Waals surface area (Å²) in [5.74, 6) is 0. The Kier molecular flexibility index (Phi) is 5.11. The van der Waals surface area contributed by atoms with Crippen LogP contribution in [0.3, 0.4) is 0 Å². The zero-order valence-electron chi connectivity index (χ0n) is 12.5. The lowest BCUT2D eigenvalue weighted by molar-refractivity contribution is 0.285. The van der Waals surface area contributed by atoms with E-state index in [0.29, 0.717) is 6.54 Å². The normalized spacial score (nSPS) is 11.2. The third kappa shape index (κ3) is 3.80. The summed E-state index contributed by atoms with van der Waals surface area (Å²) in [6, 6.07) is 0. The van der Waals surface area contributed by atoms with Crippen molar-refractivity contribution in [1.82, 2.24) is 29.7 Å². The quantitative estimate of drug-likeness (QED) is 0.779. The number of hydrogen-bond donors (Lipinski definition) is 1. The highest BCUT2D eigenvalue weighted by Crippen LogP contribution is 2.07. The number of rotatable bonds is 8. The molecule has 110 valence electrons. The number of aromatic nitrogens is 5. The van der Waals surface area contributed by atoms with Gasteiger partial charge in [-0.1, -0.05) is 19.1 Å². The lowest BCUT2D eigenvalue weighted by atomic mass is 10.4. The van der Waals surface area contributed by atoms with E-state index in [1.807, 2.05) is 24.1 Å². The molecule has 0 spiro atoms. The van der Waals surface area contributed by atoms with Gasteiger partial charge in [0.25, 0.3) is 0 Å². The van der Waals surface area contributed by atoms with Crippen LogP contribution in [0.5, 0.6) is 0 Å². The second-order valence-electron chi connectivity index (χ2n) is 4.72. The molecule has 0 saturated carbocycles. The molecule has 7 heteroatoms. The molecule has 0 aromatic carbocycles. The average Bonchev–Trinajstić information content (AvgIpc) is 3.07. The molecular weight excluding hydrogens is 254 g/mol. The highest BCUT2D eigenvalue weighted by atomic mass is 15.4. The van der Waals surface area contributed by atoms with Crippen molar-refractivity contribution >= 4 is 5.69 Å². The maximum atomic E-state index is 4.37. The maximum absolute atomic E-state index is 4.37. The Bertz CT molecular complexity index is 512. The van der Waals surface area contributed by atoms with Crippen molar-refractivity contribution < 1.29 is 0 Å². The van der Waals surface area contributed by atoms with Gasteiger partial charge in [-0.3, -0.25) is 9.36 Å². The number of anilines is 1. The smallest absolute Gasteiger partial charge is 0.0774 e. The van der Waals surface area contributed by atoms with E-state index in [1.165, 1.54) is 0 Å². The maximum Gasteiger partial charge on any atom is 0.0774 e. The minimum atomic E-state index is 0.700. The van der Waals surface area contributed by atoms with E-state index in [0.717, 1.165) is 37.6 Å². The van der Waals surface area contributed by atoms with E-state index >= 15 is 0 Å². The Hall–Kier alpha value is -1.89. The summed E-state index contributed by atoms with van der Waals surface area (Å²) < 4.78 is 3.74. The second-order valence-corrected chi connectivity index (χ2v) is 4.72. The number of nitrogens with zero attached hydrogens (tertiary/aromatic N) is 6. The van der Waals surface area contributed by atoms with Crippen molar-refractivity contribution in [3.63, 3.8) is 0 Å². The largest absolute Gasteiger partial charge is 0.377 e. The molecule has 0 amide bonds. The fourth-order valence-corrected chi connectivity index (χ4v) is 2.02. The predicted molar refractivity (Wildman–Crippen MR) is 78.3 cm³/mol. The number of nitrogens with one attached hydrogen (secondary N) is 1. The molecule has 2 aromatic heterocycles. The van der Waals surface area contributed by atoms with Crippen molar-refractivity contribution in [2.75, 3.05) is 25.0 Å². The molecule has 0 fully saturated rings. The van der Waals surface area contributed by atoms with Gasteiger partial charge in [-0.05, 0) is 13.1 Å². The molecule has 2 heterocycles. The van der Waals surface area contributed by atoms with Gasteiger partial charge in [-0.25, -0.2) is 0 Å². The van der Waals surface area contributed by atoms with Gasteiger partial charge in [0.1, 0.15) is 0 Å². The average molecular weight is 277 g/mol. The predicted octanol–water partition coefficient (Wildman–Crippen LogP) is 0.965. The summed E-state index contributed by atoms with van der Waals surface area (Å²) in [4.78, 5) is 2.39. The van der Waals surface area contributed by atoms with Crippen molar-refractivity contribution in [3.8, 4) is 0 Å². The van der Waals surface area contributed by atoms with E-state index in [4.69, 9.17) is 0 Å². The topological polar surface area (TPSA) is 63.8 Å². The summed E-state index contributed by atoms with van der Waals surface area (Å²) in [6.07, 6.45) is 5.65. The minimum Gasteiger partial charge on any atom is -0.377 e. The summed E-state index contributed by atoms with van der Waals surface area (Å²) in [6.45, 7) is 9.16. The Labute approximate surface area is 119 Å². The van der Waals surface area contributed by atoms with Crippen molar-refractivity contribution in [2.45, 2.75) is 26.9 Å². The zero-order chi connectivity index (χ0) is 14.4. The van der Waals surface area contributed by atoms with Crippen LogP contribution in [0.25, 0.3) is 0 Å². The molecule has 0 bridgehead atoms. The van der Waals surface area contributed by atoms with Gasteiger partial charge in [0, 0.05) is 19.8 Å². The van der Waals surface area contributed by atoms with Crippen LogP contribution in [-0.4, -0.2) is 49.3 Å². The third-order valence-corrected chi connectivity index (χ3v) is 3.45. The van der Waals surface area contributed by atoms with Gasteiger partial charge in [0.2, 0.25) is 0 Å². The van der Waals surface area contributed by atoms with E-state index in [-0.39, 0.29) is 0 Å². The van der Waals surface area contributed by atoms with Crippen molar-refractivity contribution in [2.24, 2.45) is 7.05 Å². The van der Waals surface area contributed by atoms with Crippen LogP contribution in [0.1, 0.15) is 19.5 Å². The monoisotopic (exact) mass is 277 g/mol. The second kappa shape index (κ2) is 7.04. The first-order valence-electron chi connectivity index (χ1n) is 7.05. The van der Waals surface area contributed by atoms with Crippen LogP contribution in [-0.2, 0) is 20.1 Å². The number of hydrogen-bond acceptors (Lipinski definition) is 5. The lowest BCUT2D eigenvalue weighted by Crippen LogP contribution is -2.27. The van der Waals surface area contributed by atoms with E-state index in [1.54, 1.807) is 10.9 Å².